The number of anilines is 1. The van der Waals surface area contributed by atoms with Crippen molar-refractivity contribution in [2.45, 2.75) is 0 Å². The summed E-state index contributed by atoms with van der Waals surface area (Å²) in [5.41, 5.74) is 6.96. The Morgan fingerprint density at radius 2 is 1.95 bits per heavy atom. The van der Waals surface area contributed by atoms with E-state index >= 15 is 0 Å². The fourth-order valence-electron chi connectivity index (χ4n) is 1.66. The Hall–Kier alpha value is -2.23. The Bertz CT molecular complexity index is 807. The molecule has 7 nitrogen and oxygen atoms in total. The van der Waals surface area contributed by atoms with Crippen LogP contribution in [0, 0.1) is 3.57 Å². The van der Waals surface area contributed by atoms with Gasteiger partial charge in [0.1, 0.15) is 9.90 Å². The summed E-state index contributed by atoms with van der Waals surface area (Å²) in [5, 5.41) is 4.33. The lowest BCUT2D eigenvalue weighted by molar-refractivity contribution is 0.828. The highest BCUT2D eigenvalue weighted by Crippen LogP contribution is 2.17. The van der Waals surface area contributed by atoms with Crippen LogP contribution in [0.25, 0.3) is 17.2 Å². The van der Waals surface area contributed by atoms with E-state index in [1.165, 1.54) is 17.3 Å². The Balaban J connectivity index is 2.04. The van der Waals surface area contributed by atoms with Crippen LogP contribution < -0.4 is 11.3 Å². The van der Waals surface area contributed by atoms with Gasteiger partial charge in [-0.15, -0.1) is 5.10 Å². The molecular formula is C12H9IN6O. The predicted molar refractivity (Wildman–Crippen MR) is 82.3 cm³/mol. The van der Waals surface area contributed by atoms with Crippen molar-refractivity contribution in [1.82, 2.24) is 24.7 Å². The summed E-state index contributed by atoms with van der Waals surface area (Å²) in [6.07, 6.45) is 2.86. The normalized spacial score (nSPS) is 10.7. The molecule has 2 aromatic heterocycles. The van der Waals surface area contributed by atoms with Crippen LogP contribution in [-0.2, 0) is 0 Å². The molecule has 0 aliphatic rings. The molecule has 3 rings (SSSR count). The van der Waals surface area contributed by atoms with Crippen LogP contribution in [0.15, 0.2) is 41.7 Å². The lowest BCUT2D eigenvalue weighted by atomic mass is 10.2. The van der Waals surface area contributed by atoms with E-state index in [0.717, 1.165) is 5.56 Å². The quantitative estimate of drug-likeness (QED) is 0.514. The Morgan fingerprint density at radius 3 is 2.70 bits per heavy atom. The van der Waals surface area contributed by atoms with Crippen molar-refractivity contribution in [2.75, 3.05) is 5.73 Å². The van der Waals surface area contributed by atoms with Gasteiger partial charge in [-0.25, -0.2) is 14.6 Å². The first kappa shape index (κ1) is 12.8. The van der Waals surface area contributed by atoms with Crippen LogP contribution >= 0.6 is 22.6 Å². The highest BCUT2D eigenvalue weighted by Gasteiger charge is 2.11. The van der Waals surface area contributed by atoms with E-state index in [9.17, 15) is 4.79 Å². The zero-order valence-electron chi connectivity index (χ0n) is 10.1. The number of nitrogens with one attached hydrogen (secondary N) is 1. The van der Waals surface area contributed by atoms with E-state index in [-0.39, 0.29) is 5.56 Å². The molecule has 0 aliphatic carbocycles. The number of hydrogen-bond acceptors (Lipinski definition) is 5. The maximum Gasteiger partial charge on any atom is 0.266 e. The molecular weight excluding hydrogens is 371 g/mol. The third-order valence-corrected chi connectivity index (χ3v) is 3.63. The lowest BCUT2D eigenvalue weighted by Gasteiger charge is -2.00. The Labute approximate surface area is 127 Å². The molecule has 0 radical (unpaired) electrons. The van der Waals surface area contributed by atoms with Gasteiger partial charge in [0.25, 0.3) is 5.56 Å². The number of rotatable bonds is 2. The minimum atomic E-state index is -0.208. The van der Waals surface area contributed by atoms with E-state index in [1.807, 2.05) is 34.7 Å². The van der Waals surface area contributed by atoms with E-state index in [4.69, 9.17) is 5.73 Å². The maximum absolute atomic E-state index is 11.5. The van der Waals surface area contributed by atoms with Gasteiger partial charge in [0.05, 0.1) is 6.33 Å². The van der Waals surface area contributed by atoms with E-state index < -0.39 is 0 Å². The monoisotopic (exact) mass is 380 g/mol. The summed E-state index contributed by atoms with van der Waals surface area (Å²) >= 11 is 1.93. The Morgan fingerprint density at radius 1 is 1.20 bits per heavy atom. The smallest absolute Gasteiger partial charge is 0.266 e. The van der Waals surface area contributed by atoms with Crippen molar-refractivity contribution >= 4 is 28.3 Å². The number of aromatic amines is 1. The van der Waals surface area contributed by atoms with Crippen molar-refractivity contribution in [3.63, 3.8) is 0 Å². The van der Waals surface area contributed by atoms with E-state index in [1.54, 1.807) is 12.1 Å². The van der Waals surface area contributed by atoms with Gasteiger partial charge in [0.2, 0.25) is 0 Å². The minimum absolute atomic E-state index is 0.208. The molecule has 100 valence electrons. The molecule has 0 saturated carbocycles. The van der Waals surface area contributed by atoms with Gasteiger partial charge in [-0.3, -0.25) is 4.79 Å². The first-order chi connectivity index (χ1) is 9.65. The molecule has 0 bridgehead atoms. The van der Waals surface area contributed by atoms with Crippen molar-refractivity contribution < 1.29 is 0 Å². The molecule has 3 N–H and O–H groups in total. The summed E-state index contributed by atoms with van der Waals surface area (Å²) < 4.78 is 1.93. The molecule has 1 aromatic carbocycles. The van der Waals surface area contributed by atoms with Gasteiger partial charge in [-0.05, 0) is 46.9 Å². The highest BCUT2D eigenvalue weighted by molar-refractivity contribution is 14.1. The maximum atomic E-state index is 11.5. The van der Waals surface area contributed by atoms with Crippen molar-refractivity contribution in [1.29, 1.82) is 0 Å². The number of hydrogen-bond donors (Lipinski definition) is 2. The first-order valence-electron chi connectivity index (χ1n) is 5.66. The molecule has 0 amide bonds. The first-order valence-corrected chi connectivity index (χ1v) is 6.74. The average molecular weight is 380 g/mol. The molecule has 0 atom stereocenters. The lowest BCUT2D eigenvalue weighted by Crippen LogP contribution is -2.15. The second-order valence-corrected chi connectivity index (χ2v) is 5.08. The number of benzene rings is 1. The van der Waals surface area contributed by atoms with Gasteiger partial charge >= 0.3 is 0 Å². The van der Waals surface area contributed by atoms with Crippen molar-refractivity contribution in [2.24, 2.45) is 0 Å². The van der Waals surface area contributed by atoms with Crippen LogP contribution in [0.2, 0.25) is 0 Å². The number of nitrogen functional groups attached to an aromatic ring is 1. The van der Waals surface area contributed by atoms with Crippen LogP contribution in [0.4, 0.5) is 5.69 Å². The van der Waals surface area contributed by atoms with Gasteiger partial charge in [0, 0.05) is 11.3 Å². The SMILES string of the molecule is Nc1ccc(-c2ncn(-c3nc[nH]c(=O)c3I)n2)cc1. The molecule has 20 heavy (non-hydrogen) atoms. The summed E-state index contributed by atoms with van der Waals surface area (Å²) in [7, 11) is 0. The zero-order chi connectivity index (χ0) is 14.1. The van der Waals surface area contributed by atoms with E-state index in [2.05, 4.69) is 20.1 Å². The number of H-pyrrole nitrogens is 1. The average Bonchev–Trinajstić information content (AvgIpc) is 2.92. The Kier molecular flexibility index (Phi) is 3.22. The van der Waals surface area contributed by atoms with Crippen LogP contribution in [0.5, 0.6) is 0 Å². The van der Waals surface area contributed by atoms with E-state index in [0.29, 0.717) is 20.9 Å². The molecule has 2 heterocycles. The summed E-state index contributed by atoms with van der Waals surface area (Å²) in [6.45, 7) is 0. The third-order valence-electron chi connectivity index (χ3n) is 2.66. The molecule has 0 fully saturated rings. The topological polar surface area (TPSA) is 102 Å². The fourth-order valence-corrected chi connectivity index (χ4v) is 2.21. The third kappa shape index (κ3) is 2.29. The number of nitrogens with zero attached hydrogens (tertiary/aromatic N) is 4. The molecule has 3 aromatic rings. The van der Waals surface area contributed by atoms with Crippen molar-refractivity contribution in [3.8, 4) is 17.2 Å². The van der Waals surface area contributed by atoms with Crippen LogP contribution in [-0.4, -0.2) is 24.7 Å². The summed E-state index contributed by atoms with van der Waals surface area (Å²) in [6, 6.07) is 7.24. The molecule has 0 aliphatic heterocycles. The zero-order valence-corrected chi connectivity index (χ0v) is 12.3. The summed E-state index contributed by atoms with van der Waals surface area (Å²) in [4.78, 5) is 22.4. The number of aromatic nitrogens is 5. The molecule has 8 heteroatoms. The number of halogens is 1. The predicted octanol–water partition coefficient (Wildman–Crippen LogP) is 1.20. The van der Waals surface area contributed by atoms with Crippen molar-refractivity contribution in [3.05, 3.63) is 50.8 Å². The van der Waals surface area contributed by atoms with Crippen LogP contribution in [0.3, 0.4) is 0 Å². The molecule has 0 spiro atoms. The minimum Gasteiger partial charge on any atom is -0.399 e. The number of nitrogens with two attached hydrogens (primary N) is 1. The second-order valence-electron chi connectivity index (χ2n) is 4.00. The van der Waals surface area contributed by atoms with Crippen LogP contribution in [0.1, 0.15) is 0 Å². The largest absolute Gasteiger partial charge is 0.399 e. The standard InChI is InChI=1S/C12H9IN6O/c13-9-11(15-5-16-12(9)20)19-6-17-10(18-19)7-1-3-8(14)4-2-7/h1-6H,14H2,(H,15,16,20). The molecule has 0 saturated heterocycles. The summed E-state index contributed by atoms with van der Waals surface area (Å²) in [5.74, 6) is 0.992. The molecule has 0 unspecified atom stereocenters. The highest BCUT2D eigenvalue weighted by atomic mass is 127. The van der Waals surface area contributed by atoms with Gasteiger partial charge < -0.3 is 10.7 Å². The van der Waals surface area contributed by atoms with Gasteiger partial charge in [-0.2, -0.15) is 0 Å². The fraction of sp³-hybridized carbons (Fsp3) is 0. The second kappa shape index (κ2) is 5.04. The van der Waals surface area contributed by atoms with Gasteiger partial charge in [-0.1, -0.05) is 0 Å². The van der Waals surface area contributed by atoms with Gasteiger partial charge in [0.15, 0.2) is 11.6 Å².